The van der Waals surface area contributed by atoms with Gasteiger partial charge >= 0.3 is 0 Å². The predicted octanol–water partition coefficient (Wildman–Crippen LogP) is 4.06. The molecule has 2 heterocycles. The van der Waals surface area contributed by atoms with Gasteiger partial charge in [0, 0.05) is 17.0 Å². The highest BCUT2D eigenvalue weighted by molar-refractivity contribution is 7.10. The number of thiophene rings is 1. The van der Waals surface area contributed by atoms with E-state index in [2.05, 4.69) is 23.3 Å². The van der Waals surface area contributed by atoms with Crippen LogP contribution in [0.15, 0.2) is 29.6 Å². The van der Waals surface area contributed by atoms with E-state index in [1.54, 1.807) is 30.4 Å². The summed E-state index contributed by atoms with van der Waals surface area (Å²) >= 11 is 1.77. The molecule has 1 aliphatic rings. The SMILES string of the molecule is CC1c2ccsc2CCN1c1c(F)cccc1[C@H](C)O. The zero-order chi connectivity index (χ0) is 14.3. The monoisotopic (exact) mass is 291 g/mol. The lowest BCUT2D eigenvalue weighted by Gasteiger charge is -2.37. The Kier molecular flexibility index (Phi) is 3.52. The Morgan fingerprint density at radius 1 is 1.40 bits per heavy atom. The van der Waals surface area contributed by atoms with Crippen molar-refractivity contribution in [3.8, 4) is 0 Å². The molecule has 0 saturated carbocycles. The molecule has 0 saturated heterocycles. The Balaban J connectivity index is 2.07. The molecule has 1 aromatic heterocycles. The molecule has 0 amide bonds. The molecule has 4 heteroatoms. The smallest absolute Gasteiger partial charge is 0.146 e. The van der Waals surface area contributed by atoms with Crippen LogP contribution in [0.25, 0.3) is 0 Å². The zero-order valence-corrected chi connectivity index (χ0v) is 12.5. The van der Waals surface area contributed by atoms with Crippen molar-refractivity contribution in [2.24, 2.45) is 0 Å². The number of aliphatic hydroxyl groups is 1. The van der Waals surface area contributed by atoms with Crippen LogP contribution in [0.5, 0.6) is 0 Å². The molecule has 1 aromatic carbocycles. The second-order valence-corrected chi connectivity index (χ2v) is 6.27. The molecular formula is C16H18FNOS. The highest BCUT2D eigenvalue weighted by Gasteiger charge is 2.28. The fraction of sp³-hybridized carbons (Fsp3) is 0.375. The van der Waals surface area contributed by atoms with Gasteiger partial charge in [0.1, 0.15) is 5.82 Å². The zero-order valence-electron chi connectivity index (χ0n) is 11.6. The Morgan fingerprint density at radius 3 is 2.95 bits per heavy atom. The van der Waals surface area contributed by atoms with E-state index in [9.17, 15) is 9.50 Å². The van der Waals surface area contributed by atoms with Crippen LogP contribution in [0.4, 0.5) is 10.1 Å². The quantitative estimate of drug-likeness (QED) is 0.902. The van der Waals surface area contributed by atoms with E-state index in [0.29, 0.717) is 11.3 Å². The second kappa shape index (κ2) is 5.19. The normalized spacial score (nSPS) is 19.8. The highest BCUT2D eigenvalue weighted by Crippen LogP contribution is 2.39. The largest absolute Gasteiger partial charge is 0.389 e. The maximum atomic E-state index is 14.3. The lowest BCUT2D eigenvalue weighted by molar-refractivity contribution is 0.199. The van der Waals surface area contributed by atoms with Crippen molar-refractivity contribution in [3.05, 3.63) is 51.5 Å². The average Bonchev–Trinajstić information content (AvgIpc) is 2.89. The summed E-state index contributed by atoms with van der Waals surface area (Å²) < 4.78 is 14.3. The van der Waals surface area contributed by atoms with Crippen LogP contribution in [-0.4, -0.2) is 11.7 Å². The van der Waals surface area contributed by atoms with Gasteiger partial charge in [-0.3, -0.25) is 0 Å². The van der Waals surface area contributed by atoms with Crippen LogP contribution in [0.3, 0.4) is 0 Å². The molecule has 0 radical (unpaired) electrons. The predicted molar refractivity (Wildman–Crippen MR) is 80.8 cm³/mol. The number of rotatable bonds is 2. The van der Waals surface area contributed by atoms with E-state index in [0.717, 1.165) is 13.0 Å². The van der Waals surface area contributed by atoms with Gasteiger partial charge in [0.25, 0.3) is 0 Å². The number of halogens is 1. The Bertz CT molecular complexity index is 623. The molecule has 3 rings (SSSR count). The van der Waals surface area contributed by atoms with E-state index in [-0.39, 0.29) is 11.9 Å². The molecular weight excluding hydrogens is 273 g/mol. The number of aliphatic hydroxyl groups excluding tert-OH is 1. The summed E-state index contributed by atoms with van der Waals surface area (Å²) in [7, 11) is 0. The fourth-order valence-corrected chi connectivity index (χ4v) is 3.95. The van der Waals surface area contributed by atoms with Crippen LogP contribution in [-0.2, 0) is 6.42 Å². The first-order chi connectivity index (χ1) is 9.59. The first-order valence-corrected chi connectivity index (χ1v) is 7.77. The molecule has 0 bridgehead atoms. The number of para-hydroxylation sites is 1. The van der Waals surface area contributed by atoms with Crippen molar-refractivity contribution in [3.63, 3.8) is 0 Å². The minimum Gasteiger partial charge on any atom is -0.389 e. The third-order valence-corrected chi connectivity index (χ3v) is 5.03. The molecule has 0 aliphatic carbocycles. The minimum atomic E-state index is -0.670. The number of hydrogen-bond acceptors (Lipinski definition) is 3. The Labute approximate surface area is 122 Å². The molecule has 1 aliphatic heterocycles. The van der Waals surface area contributed by atoms with Gasteiger partial charge in [-0.2, -0.15) is 0 Å². The average molecular weight is 291 g/mol. The highest BCUT2D eigenvalue weighted by atomic mass is 32.1. The maximum absolute atomic E-state index is 14.3. The van der Waals surface area contributed by atoms with Gasteiger partial charge in [-0.25, -0.2) is 4.39 Å². The van der Waals surface area contributed by atoms with Gasteiger partial charge in [-0.05, 0) is 43.3 Å². The van der Waals surface area contributed by atoms with Gasteiger partial charge in [-0.15, -0.1) is 11.3 Å². The van der Waals surface area contributed by atoms with E-state index in [1.807, 2.05) is 0 Å². The molecule has 2 atom stereocenters. The molecule has 2 aromatic rings. The Hall–Kier alpha value is -1.39. The van der Waals surface area contributed by atoms with Crippen LogP contribution in [0.2, 0.25) is 0 Å². The molecule has 1 N–H and O–H groups in total. The number of hydrogen-bond donors (Lipinski definition) is 1. The van der Waals surface area contributed by atoms with Crippen molar-refractivity contribution >= 4 is 17.0 Å². The van der Waals surface area contributed by atoms with Crippen molar-refractivity contribution in [2.45, 2.75) is 32.4 Å². The minimum absolute atomic E-state index is 0.138. The van der Waals surface area contributed by atoms with Gasteiger partial charge in [-0.1, -0.05) is 12.1 Å². The van der Waals surface area contributed by atoms with Crippen LogP contribution in [0, 0.1) is 5.82 Å². The van der Waals surface area contributed by atoms with E-state index >= 15 is 0 Å². The number of fused-ring (bicyclic) bond motifs is 1. The molecule has 2 nitrogen and oxygen atoms in total. The second-order valence-electron chi connectivity index (χ2n) is 5.27. The topological polar surface area (TPSA) is 23.5 Å². The van der Waals surface area contributed by atoms with Gasteiger partial charge < -0.3 is 10.0 Å². The summed E-state index contributed by atoms with van der Waals surface area (Å²) in [6.45, 7) is 4.57. The number of nitrogens with zero attached hydrogens (tertiary/aromatic N) is 1. The molecule has 106 valence electrons. The summed E-state index contributed by atoms with van der Waals surface area (Å²) in [5.41, 5.74) is 2.49. The lowest BCUT2D eigenvalue weighted by Crippen LogP contribution is -2.34. The number of benzene rings is 1. The van der Waals surface area contributed by atoms with Gasteiger partial charge in [0.2, 0.25) is 0 Å². The standard InChI is InChI=1S/C16H18FNOS/c1-10-12-7-9-20-15(12)6-8-18(10)16-13(11(2)19)4-3-5-14(16)17/h3-5,7,9-11,19H,6,8H2,1-2H3/t10?,11-/m0/s1. The molecule has 20 heavy (non-hydrogen) atoms. The maximum Gasteiger partial charge on any atom is 0.146 e. The first kappa shape index (κ1) is 13.6. The lowest BCUT2D eigenvalue weighted by atomic mass is 9.98. The third-order valence-electron chi connectivity index (χ3n) is 4.03. The first-order valence-electron chi connectivity index (χ1n) is 6.89. The van der Waals surface area contributed by atoms with Crippen LogP contribution in [0.1, 0.15) is 42.0 Å². The fourth-order valence-electron chi connectivity index (χ4n) is 2.99. The van der Waals surface area contributed by atoms with Crippen LogP contribution >= 0.6 is 11.3 Å². The van der Waals surface area contributed by atoms with Gasteiger partial charge in [0.15, 0.2) is 0 Å². The van der Waals surface area contributed by atoms with Crippen molar-refractivity contribution < 1.29 is 9.50 Å². The van der Waals surface area contributed by atoms with Gasteiger partial charge in [0.05, 0.1) is 17.8 Å². The van der Waals surface area contributed by atoms with E-state index < -0.39 is 6.10 Å². The van der Waals surface area contributed by atoms with E-state index in [4.69, 9.17) is 0 Å². The van der Waals surface area contributed by atoms with Crippen LogP contribution < -0.4 is 4.90 Å². The van der Waals surface area contributed by atoms with Crippen molar-refractivity contribution in [1.82, 2.24) is 0 Å². The molecule has 0 spiro atoms. The summed E-state index contributed by atoms with van der Waals surface area (Å²) in [5, 5.41) is 12.0. The summed E-state index contributed by atoms with van der Waals surface area (Å²) in [6, 6.07) is 7.20. The van der Waals surface area contributed by atoms with Crippen molar-refractivity contribution in [2.75, 3.05) is 11.4 Å². The number of anilines is 1. The Morgan fingerprint density at radius 2 is 2.20 bits per heavy atom. The molecule has 1 unspecified atom stereocenters. The summed E-state index contributed by atoms with van der Waals surface area (Å²) in [4.78, 5) is 3.47. The van der Waals surface area contributed by atoms with Crippen molar-refractivity contribution in [1.29, 1.82) is 0 Å². The molecule has 0 fully saturated rings. The third kappa shape index (κ3) is 2.13. The summed E-state index contributed by atoms with van der Waals surface area (Å²) in [5.74, 6) is -0.256. The van der Waals surface area contributed by atoms with E-state index in [1.165, 1.54) is 16.5 Å². The summed E-state index contributed by atoms with van der Waals surface area (Å²) in [6.07, 6.45) is 0.266.